The molecular weight excluding hydrogens is 332 g/mol. The van der Waals surface area contributed by atoms with Crippen molar-refractivity contribution in [1.82, 2.24) is 0 Å². The number of carbonyl (C=O) groups excluding carboxylic acids is 2. The Labute approximate surface area is 153 Å². The molecule has 0 saturated heterocycles. The van der Waals surface area contributed by atoms with E-state index in [9.17, 15) is 9.59 Å². The molecule has 2 amide bonds. The number of aryl methyl sites for hydroxylation is 2. The van der Waals surface area contributed by atoms with E-state index in [4.69, 9.17) is 9.47 Å². The van der Waals surface area contributed by atoms with Gasteiger partial charge in [-0.25, -0.2) is 0 Å². The summed E-state index contributed by atoms with van der Waals surface area (Å²) in [7, 11) is 3.08. The normalized spacial score (nSPS) is 10.2. The Kier molecular flexibility index (Phi) is 6.22. The molecule has 0 fully saturated rings. The number of carbonyl (C=O) groups is 2. The first-order valence-corrected chi connectivity index (χ1v) is 8.22. The van der Waals surface area contributed by atoms with Gasteiger partial charge in [0.25, 0.3) is 0 Å². The fourth-order valence-corrected chi connectivity index (χ4v) is 2.75. The lowest BCUT2D eigenvalue weighted by Crippen LogP contribution is -2.36. The maximum Gasteiger partial charge on any atom is 0.244 e. The van der Waals surface area contributed by atoms with Crippen molar-refractivity contribution in [3.05, 3.63) is 47.5 Å². The van der Waals surface area contributed by atoms with Gasteiger partial charge >= 0.3 is 0 Å². The van der Waals surface area contributed by atoms with Crippen LogP contribution in [-0.4, -0.2) is 32.6 Å². The smallest absolute Gasteiger partial charge is 0.244 e. The second-order valence-electron chi connectivity index (χ2n) is 6.07. The highest BCUT2D eigenvalue weighted by Gasteiger charge is 2.17. The van der Waals surface area contributed by atoms with Gasteiger partial charge in [-0.15, -0.1) is 0 Å². The molecule has 0 heterocycles. The molecule has 0 radical (unpaired) electrons. The monoisotopic (exact) mass is 356 g/mol. The summed E-state index contributed by atoms with van der Waals surface area (Å²) in [6.07, 6.45) is 0. The number of anilines is 2. The number of amides is 2. The average molecular weight is 356 g/mol. The Morgan fingerprint density at radius 3 is 2.12 bits per heavy atom. The number of nitrogens with one attached hydrogen (secondary N) is 1. The van der Waals surface area contributed by atoms with Gasteiger partial charge in [0.2, 0.25) is 11.8 Å². The van der Waals surface area contributed by atoms with Gasteiger partial charge in [0.15, 0.2) is 11.5 Å². The van der Waals surface area contributed by atoms with Gasteiger partial charge in [0, 0.05) is 24.4 Å². The third-order valence-electron chi connectivity index (χ3n) is 3.87. The van der Waals surface area contributed by atoms with E-state index in [2.05, 4.69) is 5.32 Å². The molecule has 26 heavy (non-hydrogen) atoms. The van der Waals surface area contributed by atoms with E-state index in [-0.39, 0.29) is 18.4 Å². The minimum atomic E-state index is -0.299. The van der Waals surface area contributed by atoms with Crippen molar-refractivity contribution in [3.63, 3.8) is 0 Å². The molecule has 0 aliphatic heterocycles. The van der Waals surface area contributed by atoms with Gasteiger partial charge in [-0.2, -0.15) is 0 Å². The summed E-state index contributed by atoms with van der Waals surface area (Å²) in [6.45, 7) is 5.28. The third kappa shape index (κ3) is 4.75. The predicted octanol–water partition coefficient (Wildman–Crippen LogP) is 3.31. The van der Waals surface area contributed by atoms with Crippen LogP contribution in [0.25, 0.3) is 0 Å². The van der Waals surface area contributed by atoms with Crippen LogP contribution >= 0.6 is 0 Å². The fourth-order valence-electron chi connectivity index (χ4n) is 2.75. The first kappa shape index (κ1) is 19.3. The second-order valence-corrected chi connectivity index (χ2v) is 6.07. The van der Waals surface area contributed by atoms with E-state index in [1.165, 1.54) is 18.9 Å². The number of benzene rings is 2. The first-order chi connectivity index (χ1) is 12.3. The molecule has 0 saturated carbocycles. The highest BCUT2D eigenvalue weighted by molar-refractivity contribution is 6.02. The van der Waals surface area contributed by atoms with Crippen LogP contribution in [0, 0.1) is 13.8 Å². The molecule has 6 nitrogen and oxygen atoms in total. The number of methoxy groups -OCH3 is 2. The maximum atomic E-state index is 12.4. The summed E-state index contributed by atoms with van der Waals surface area (Å²) in [5.41, 5.74) is 3.34. The number of ether oxygens (including phenoxy) is 2. The molecule has 138 valence electrons. The molecular formula is C20H24N2O4. The van der Waals surface area contributed by atoms with Gasteiger partial charge in [-0.1, -0.05) is 6.07 Å². The second kappa shape index (κ2) is 8.38. The van der Waals surface area contributed by atoms with Crippen molar-refractivity contribution in [1.29, 1.82) is 0 Å². The lowest BCUT2D eigenvalue weighted by Gasteiger charge is -2.22. The summed E-state index contributed by atoms with van der Waals surface area (Å²) in [6, 6.07) is 10.9. The van der Waals surface area contributed by atoms with E-state index in [1.54, 1.807) is 25.3 Å². The third-order valence-corrected chi connectivity index (χ3v) is 3.87. The number of rotatable bonds is 6. The van der Waals surface area contributed by atoms with Crippen LogP contribution in [0.1, 0.15) is 18.1 Å². The molecule has 2 aromatic carbocycles. The van der Waals surface area contributed by atoms with Crippen LogP contribution in [-0.2, 0) is 9.59 Å². The Morgan fingerprint density at radius 2 is 1.58 bits per heavy atom. The van der Waals surface area contributed by atoms with Crippen molar-refractivity contribution < 1.29 is 19.1 Å². The van der Waals surface area contributed by atoms with Gasteiger partial charge in [0.05, 0.1) is 14.2 Å². The van der Waals surface area contributed by atoms with Crippen LogP contribution in [0.4, 0.5) is 11.4 Å². The van der Waals surface area contributed by atoms with Gasteiger partial charge in [0.1, 0.15) is 6.54 Å². The maximum absolute atomic E-state index is 12.4. The standard InChI is InChI=1S/C20H24N2O4/c1-13-8-14(2)10-17(9-13)22(15(3)23)12-20(24)21-16-6-7-18(25-4)19(11-16)26-5/h6-11H,12H2,1-5H3,(H,21,24). The summed E-state index contributed by atoms with van der Waals surface area (Å²) in [5.74, 6) is 0.596. The molecule has 2 rings (SSSR count). The predicted molar refractivity (Wildman–Crippen MR) is 102 cm³/mol. The number of hydrogen-bond donors (Lipinski definition) is 1. The summed E-state index contributed by atoms with van der Waals surface area (Å²) in [4.78, 5) is 26.0. The number of nitrogens with zero attached hydrogens (tertiary/aromatic N) is 1. The zero-order valence-electron chi connectivity index (χ0n) is 15.8. The van der Waals surface area contributed by atoms with Crippen molar-refractivity contribution >= 4 is 23.2 Å². The minimum absolute atomic E-state index is 0.0768. The molecule has 0 aromatic heterocycles. The van der Waals surface area contributed by atoms with E-state index >= 15 is 0 Å². The molecule has 0 spiro atoms. The van der Waals surface area contributed by atoms with Crippen LogP contribution in [0.2, 0.25) is 0 Å². The van der Waals surface area contributed by atoms with Crippen molar-refractivity contribution in [2.75, 3.05) is 31.0 Å². The molecule has 0 aliphatic carbocycles. The Morgan fingerprint density at radius 1 is 0.962 bits per heavy atom. The molecule has 2 aromatic rings. The first-order valence-electron chi connectivity index (χ1n) is 8.22. The largest absolute Gasteiger partial charge is 0.493 e. The molecule has 0 bridgehead atoms. The fraction of sp³-hybridized carbons (Fsp3) is 0.300. The van der Waals surface area contributed by atoms with Crippen molar-refractivity contribution in [2.45, 2.75) is 20.8 Å². The van der Waals surface area contributed by atoms with Crippen LogP contribution in [0.5, 0.6) is 11.5 Å². The number of hydrogen-bond acceptors (Lipinski definition) is 4. The van der Waals surface area contributed by atoms with E-state index in [1.807, 2.05) is 32.0 Å². The van der Waals surface area contributed by atoms with Crippen molar-refractivity contribution in [2.24, 2.45) is 0 Å². The lowest BCUT2D eigenvalue weighted by molar-refractivity contribution is -0.120. The molecule has 0 aliphatic rings. The molecule has 6 heteroatoms. The quantitative estimate of drug-likeness (QED) is 0.862. The summed E-state index contributed by atoms with van der Waals surface area (Å²) < 4.78 is 10.4. The van der Waals surface area contributed by atoms with Gasteiger partial charge < -0.3 is 19.7 Å². The van der Waals surface area contributed by atoms with Crippen molar-refractivity contribution in [3.8, 4) is 11.5 Å². The van der Waals surface area contributed by atoms with Crippen LogP contribution in [0.15, 0.2) is 36.4 Å². The van der Waals surface area contributed by atoms with Crippen LogP contribution < -0.4 is 19.7 Å². The Bertz CT molecular complexity index is 797. The van der Waals surface area contributed by atoms with E-state index in [0.717, 1.165) is 11.1 Å². The summed E-state index contributed by atoms with van der Waals surface area (Å²) >= 11 is 0. The highest BCUT2D eigenvalue weighted by atomic mass is 16.5. The minimum Gasteiger partial charge on any atom is -0.493 e. The molecule has 1 N–H and O–H groups in total. The molecule has 0 unspecified atom stereocenters. The van der Waals surface area contributed by atoms with Gasteiger partial charge in [-0.3, -0.25) is 9.59 Å². The molecule has 0 atom stereocenters. The zero-order valence-corrected chi connectivity index (χ0v) is 15.8. The lowest BCUT2D eigenvalue weighted by atomic mass is 10.1. The topological polar surface area (TPSA) is 67.9 Å². The average Bonchev–Trinajstić information content (AvgIpc) is 2.58. The van der Waals surface area contributed by atoms with E-state index < -0.39 is 0 Å². The van der Waals surface area contributed by atoms with Crippen LogP contribution in [0.3, 0.4) is 0 Å². The zero-order chi connectivity index (χ0) is 19.3. The van der Waals surface area contributed by atoms with Gasteiger partial charge in [-0.05, 0) is 49.2 Å². The Balaban J connectivity index is 2.17. The summed E-state index contributed by atoms with van der Waals surface area (Å²) in [5, 5.41) is 2.78. The van der Waals surface area contributed by atoms with E-state index in [0.29, 0.717) is 22.9 Å². The Hall–Kier alpha value is -3.02. The SMILES string of the molecule is COc1ccc(NC(=O)CN(C(C)=O)c2cc(C)cc(C)c2)cc1OC. The highest BCUT2D eigenvalue weighted by Crippen LogP contribution is 2.29.